The van der Waals surface area contributed by atoms with E-state index in [0.717, 1.165) is 53.5 Å². The van der Waals surface area contributed by atoms with E-state index in [-0.39, 0.29) is 22.5 Å². The zero-order chi connectivity index (χ0) is 30.9. The number of furan rings is 1. The standard InChI is InChI=1S/C42H42O3/c1-26(43)34-17-18-35-32-16-15-31-24-29(20-22-41(31,2)36(32)21-23-42(34,35)3)38-33-25-30(39(44)27-10-6-4-7-11-27)14-19-37(33)45-40(38)28-12-8-5-9-13-28/h4-15,19,24-25,32,34-36H,16-18,20-23H2,1-3H3/t32-,34+,35-,36-,41-,42+/m0/s1. The third-order valence-corrected chi connectivity index (χ3v) is 12.6. The fourth-order valence-corrected chi connectivity index (χ4v) is 10.3. The molecule has 4 aromatic rings. The van der Waals surface area contributed by atoms with Crippen molar-refractivity contribution in [3.05, 3.63) is 113 Å². The Hall–Kier alpha value is -3.98. The maximum Gasteiger partial charge on any atom is 0.193 e. The minimum absolute atomic E-state index is 0.0281. The van der Waals surface area contributed by atoms with Gasteiger partial charge in [-0.05, 0) is 110 Å². The Morgan fingerprint density at radius 3 is 2.33 bits per heavy atom. The van der Waals surface area contributed by atoms with E-state index in [2.05, 4.69) is 50.3 Å². The molecule has 0 saturated heterocycles. The lowest BCUT2D eigenvalue weighted by atomic mass is 9.47. The summed E-state index contributed by atoms with van der Waals surface area (Å²) in [5.74, 6) is 3.52. The second-order valence-corrected chi connectivity index (χ2v) is 14.7. The van der Waals surface area contributed by atoms with Crippen LogP contribution in [0.4, 0.5) is 0 Å². The molecular formula is C42H42O3. The smallest absolute Gasteiger partial charge is 0.193 e. The van der Waals surface area contributed by atoms with Gasteiger partial charge in [0.2, 0.25) is 0 Å². The number of hydrogen-bond donors (Lipinski definition) is 0. The molecule has 2 saturated carbocycles. The van der Waals surface area contributed by atoms with Crippen LogP contribution in [0.5, 0.6) is 0 Å². The Kier molecular flexibility index (Phi) is 6.68. The molecule has 3 aromatic carbocycles. The number of fused-ring (bicyclic) bond motifs is 6. The molecule has 0 amide bonds. The lowest BCUT2D eigenvalue weighted by Gasteiger charge is -2.57. The highest BCUT2D eigenvalue weighted by molar-refractivity contribution is 6.11. The van der Waals surface area contributed by atoms with Crippen LogP contribution in [-0.2, 0) is 4.79 Å². The van der Waals surface area contributed by atoms with Crippen LogP contribution in [-0.4, -0.2) is 11.6 Å². The minimum atomic E-state index is 0.0281. The van der Waals surface area contributed by atoms with Crippen molar-refractivity contribution in [2.24, 2.45) is 34.5 Å². The summed E-state index contributed by atoms with van der Waals surface area (Å²) in [6.07, 6.45) is 12.9. The molecule has 1 aromatic heterocycles. The second-order valence-electron chi connectivity index (χ2n) is 14.7. The van der Waals surface area contributed by atoms with Crippen molar-refractivity contribution >= 4 is 28.1 Å². The fraction of sp³-hybridized carbons (Fsp3) is 0.381. The zero-order valence-electron chi connectivity index (χ0n) is 26.6. The first-order valence-electron chi connectivity index (χ1n) is 16.9. The van der Waals surface area contributed by atoms with Gasteiger partial charge >= 0.3 is 0 Å². The van der Waals surface area contributed by atoms with Crippen molar-refractivity contribution in [1.29, 1.82) is 0 Å². The quantitative estimate of drug-likeness (QED) is 0.216. The van der Waals surface area contributed by atoms with Gasteiger partial charge in [-0.25, -0.2) is 0 Å². The van der Waals surface area contributed by atoms with E-state index in [4.69, 9.17) is 4.42 Å². The van der Waals surface area contributed by atoms with Gasteiger partial charge in [-0.2, -0.15) is 0 Å². The summed E-state index contributed by atoms with van der Waals surface area (Å²) in [7, 11) is 0. The Morgan fingerprint density at radius 1 is 0.822 bits per heavy atom. The second kappa shape index (κ2) is 10.5. The molecule has 1 heterocycles. The number of allylic oxidation sites excluding steroid dienone is 4. The minimum Gasteiger partial charge on any atom is -0.455 e. The normalized spacial score (nSPS) is 30.6. The monoisotopic (exact) mass is 594 g/mol. The molecule has 0 radical (unpaired) electrons. The average Bonchev–Trinajstić information content (AvgIpc) is 3.62. The van der Waals surface area contributed by atoms with E-state index in [9.17, 15) is 9.59 Å². The third kappa shape index (κ3) is 4.37. The lowest BCUT2D eigenvalue weighted by molar-refractivity contribution is -0.127. The van der Waals surface area contributed by atoms with E-state index in [0.29, 0.717) is 34.7 Å². The van der Waals surface area contributed by atoms with E-state index in [1.165, 1.54) is 30.4 Å². The summed E-state index contributed by atoms with van der Waals surface area (Å²) in [5, 5.41) is 1.01. The molecule has 0 bridgehead atoms. The van der Waals surface area contributed by atoms with E-state index < -0.39 is 0 Å². The van der Waals surface area contributed by atoms with E-state index >= 15 is 0 Å². The van der Waals surface area contributed by atoms with Crippen molar-refractivity contribution in [3.8, 4) is 11.3 Å². The molecule has 228 valence electrons. The molecule has 0 N–H and O–H groups in total. The Morgan fingerprint density at radius 2 is 1.58 bits per heavy atom. The van der Waals surface area contributed by atoms with Crippen molar-refractivity contribution in [2.45, 2.75) is 65.7 Å². The first-order valence-corrected chi connectivity index (χ1v) is 16.9. The predicted molar refractivity (Wildman–Crippen MR) is 181 cm³/mol. The van der Waals surface area contributed by atoms with Crippen molar-refractivity contribution < 1.29 is 14.0 Å². The van der Waals surface area contributed by atoms with Crippen molar-refractivity contribution in [2.75, 3.05) is 0 Å². The number of rotatable bonds is 5. The van der Waals surface area contributed by atoms with Crippen LogP contribution in [0.1, 0.15) is 87.2 Å². The van der Waals surface area contributed by atoms with Gasteiger partial charge in [0.15, 0.2) is 5.78 Å². The van der Waals surface area contributed by atoms with Gasteiger partial charge in [-0.1, -0.05) is 86.7 Å². The van der Waals surface area contributed by atoms with Gasteiger partial charge < -0.3 is 4.42 Å². The average molecular weight is 595 g/mol. The van der Waals surface area contributed by atoms with E-state index in [1.807, 2.05) is 61.5 Å². The largest absolute Gasteiger partial charge is 0.455 e. The highest BCUT2D eigenvalue weighted by Crippen LogP contribution is 2.66. The number of hydrogen-bond acceptors (Lipinski definition) is 3. The molecular weight excluding hydrogens is 552 g/mol. The molecule has 4 aliphatic carbocycles. The summed E-state index contributed by atoms with van der Waals surface area (Å²) < 4.78 is 6.61. The maximum absolute atomic E-state index is 13.5. The fourth-order valence-electron chi connectivity index (χ4n) is 10.3. The Bertz CT molecular complexity index is 1870. The summed E-state index contributed by atoms with van der Waals surface area (Å²) in [5.41, 5.74) is 7.45. The molecule has 0 aliphatic heterocycles. The molecule has 3 heteroatoms. The van der Waals surface area contributed by atoms with E-state index in [1.54, 1.807) is 0 Å². The molecule has 4 aliphatic rings. The highest BCUT2D eigenvalue weighted by atomic mass is 16.3. The molecule has 6 atom stereocenters. The van der Waals surface area contributed by atoms with Crippen molar-refractivity contribution in [1.82, 2.24) is 0 Å². The number of ketones is 2. The van der Waals surface area contributed by atoms with Crippen LogP contribution in [0.2, 0.25) is 0 Å². The SMILES string of the molecule is CC(=O)[C@H]1CC[C@H]2[C@@H]3CC=C4C=C(c5c(-c6ccccc6)oc6ccc(C(=O)c7ccccc7)cc56)CC[C@]4(C)[C@H]3CC[C@]12C. The maximum atomic E-state index is 13.5. The molecule has 2 fully saturated rings. The van der Waals surface area contributed by atoms with Gasteiger partial charge in [-0.3, -0.25) is 9.59 Å². The van der Waals surface area contributed by atoms with Crippen molar-refractivity contribution in [3.63, 3.8) is 0 Å². The number of carbonyl (C=O) groups excluding carboxylic acids is 2. The first-order chi connectivity index (χ1) is 21.8. The van der Waals surface area contributed by atoms with Gasteiger partial charge in [0.05, 0.1) is 0 Å². The lowest BCUT2D eigenvalue weighted by Crippen LogP contribution is -2.49. The highest BCUT2D eigenvalue weighted by Gasteiger charge is 2.59. The summed E-state index contributed by atoms with van der Waals surface area (Å²) in [4.78, 5) is 26.1. The third-order valence-electron chi connectivity index (χ3n) is 12.6. The predicted octanol–water partition coefficient (Wildman–Crippen LogP) is 10.5. The molecule has 3 nitrogen and oxygen atoms in total. The van der Waals surface area contributed by atoms with Gasteiger partial charge in [0.25, 0.3) is 0 Å². The molecule has 45 heavy (non-hydrogen) atoms. The van der Waals surface area contributed by atoms with Crippen LogP contribution < -0.4 is 0 Å². The van der Waals surface area contributed by atoms with Crippen LogP contribution in [0.3, 0.4) is 0 Å². The molecule has 8 rings (SSSR count). The van der Waals surface area contributed by atoms with Crippen LogP contribution >= 0.6 is 0 Å². The Balaban J connectivity index is 1.21. The van der Waals surface area contributed by atoms with Crippen LogP contribution in [0.25, 0.3) is 27.9 Å². The number of benzene rings is 3. The summed E-state index contributed by atoms with van der Waals surface area (Å²) in [6, 6.07) is 25.8. The topological polar surface area (TPSA) is 47.3 Å². The van der Waals surface area contributed by atoms with Crippen LogP contribution in [0.15, 0.2) is 101 Å². The summed E-state index contributed by atoms with van der Waals surface area (Å²) >= 11 is 0. The number of Topliss-reactive ketones (excluding diaryl/α,β-unsaturated/α-hetero) is 1. The van der Waals surface area contributed by atoms with Crippen LogP contribution in [0, 0.1) is 34.5 Å². The Labute approximate surface area is 266 Å². The first kappa shape index (κ1) is 28.5. The molecule has 0 spiro atoms. The zero-order valence-corrected chi connectivity index (χ0v) is 26.6. The van der Waals surface area contributed by atoms with Gasteiger partial charge in [-0.15, -0.1) is 0 Å². The van der Waals surface area contributed by atoms with Gasteiger partial charge in [0.1, 0.15) is 17.1 Å². The summed E-state index contributed by atoms with van der Waals surface area (Å²) in [6.45, 7) is 6.77. The number of carbonyl (C=O) groups is 2. The molecule has 0 unspecified atom stereocenters. The van der Waals surface area contributed by atoms with Gasteiger partial charge in [0, 0.05) is 33.6 Å².